The van der Waals surface area contributed by atoms with Crippen LogP contribution in [0.1, 0.15) is 44.9 Å². The fourth-order valence-electron chi connectivity index (χ4n) is 4.19. The van der Waals surface area contributed by atoms with Gasteiger partial charge < -0.3 is 9.64 Å². The van der Waals surface area contributed by atoms with Crippen LogP contribution in [-0.2, 0) is 4.79 Å². The van der Waals surface area contributed by atoms with Crippen molar-refractivity contribution in [3.8, 4) is 5.75 Å². The third-order valence-electron chi connectivity index (χ3n) is 5.63. The molecular formula is C21H26N2O2. The lowest BCUT2D eigenvalue weighted by Gasteiger charge is -2.18. The van der Waals surface area contributed by atoms with Gasteiger partial charge in [-0.2, -0.15) is 0 Å². The first-order valence-electron chi connectivity index (χ1n) is 9.58. The Morgan fingerprint density at radius 3 is 2.88 bits per heavy atom. The van der Waals surface area contributed by atoms with Gasteiger partial charge in [0.05, 0.1) is 6.54 Å². The van der Waals surface area contributed by atoms with Crippen LogP contribution in [0.5, 0.6) is 5.75 Å². The van der Waals surface area contributed by atoms with E-state index in [4.69, 9.17) is 4.74 Å². The Kier molecular flexibility index (Phi) is 4.86. The molecule has 1 aliphatic carbocycles. The molecule has 1 atom stereocenters. The first-order chi connectivity index (χ1) is 12.3. The van der Waals surface area contributed by atoms with E-state index in [0.29, 0.717) is 18.9 Å². The van der Waals surface area contributed by atoms with E-state index in [1.54, 1.807) is 6.20 Å². The summed E-state index contributed by atoms with van der Waals surface area (Å²) in [7, 11) is 0. The predicted molar refractivity (Wildman–Crippen MR) is 98.5 cm³/mol. The minimum atomic E-state index is 0.0723. The maximum absolute atomic E-state index is 12.5. The maximum Gasteiger partial charge on any atom is 0.222 e. The van der Waals surface area contributed by atoms with Crippen molar-refractivity contribution in [2.75, 3.05) is 13.1 Å². The SMILES string of the molecule is O=C(CCC1CCCC1)N1CCC(Oc2cccc3cccnc23)C1. The Balaban J connectivity index is 1.33. The van der Waals surface area contributed by atoms with Crippen LogP contribution in [-0.4, -0.2) is 35.0 Å². The molecule has 0 N–H and O–H groups in total. The van der Waals surface area contributed by atoms with Crippen LogP contribution in [0.15, 0.2) is 36.5 Å². The Labute approximate surface area is 149 Å². The highest BCUT2D eigenvalue weighted by molar-refractivity contribution is 5.84. The molecular weight excluding hydrogens is 312 g/mol. The van der Waals surface area contributed by atoms with Gasteiger partial charge in [-0.3, -0.25) is 9.78 Å². The summed E-state index contributed by atoms with van der Waals surface area (Å²) in [5.74, 6) is 1.90. The molecule has 132 valence electrons. The van der Waals surface area contributed by atoms with Crippen molar-refractivity contribution in [3.05, 3.63) is 36.5 Å². The van der Waals surface area contributed by atoms with Gasteiger partial charge in [0, 0.05) is 31.0 Å². The van der Waals surface area contributed by atoms with Crippen molar-refractivity contribution in [1.82, 2.24) is 9.88 Å². The zero-order chi connectivity index (χ0) is 17.1. The van der Waals surface area contributed by atoms with E-state index in [1.807, 2.05) is 35.2 Å². The summed E-state index contributed by atoms with van der Waals surface area (Å²) in [6.07, 6.45) is 9.85. The summed E-state index contributed by atoms with van der Waals surface area (Å²) in [5.41, 5.74) is 0.899. The molecule has 0 radical (unpaired) electrons. The van der Waals surface area contributed by atoms with Crippen molar-refractivity contribution in [2.45, 2.75) is 51.0 Å². The van der Waals surface area contributed by atoms with Gasteiger partial charge in [0.15, 0.2) is 0 Å². The molecule has 4 rings (SSSR count). The lowest BCUT2D eigenvalue weighted by atomic mass is 10.0. The number of carbonyl (C=O) groups is 1. The number of fused-ring (bicyclic) bond motifs is 1. The zero-order valence-corrected chi connectivity index (χ0v) is 14.7. The van der Waals surface area contributed by atoms with Gasteiger partial charge in [-0.1, -0.05) is 43.9 Å². The van der Waals surface area contributed by atoms with Gasteiger partial charge in [-0.25, -0.2) is 0 Å². The molecule has 2 fully saturated rings. The average Bonchev–Trinajstić information content (AvgIpc) is 3.32. The zero-order valence-electron chi connectivity index (χ0n) is 14.7. The van der Waals surface area contributed by atoms with E-state index in [1.165, 1.54) is 25.7 Å². The molecule has 1 aromatic heterocycles. The summed E-state index contributed by atoms with van der Waals surface area (Å²) >= 11 is 0. The average molecular weight is 338 g/mol. The largest absolute Gasteiger partial charge is 0.486 e. The molecule has 1 aliphatic heterocycles. The quantitative estimate of drug-likeness (QED) is 0.821. The maximum atomic E-state index is 12.5. The Bertz CT molecular complexity index is 734. The molecule has 2 heterocycles. The van der Waals surface area contributed by atoms with E-state index in [0.717, 1.165) is 42.0 Å². The van der Waals surface area contributed by atoms with E-state index < -0.39 is 0 Å². The van der Waals surface area contributed by atoms with Gasteiger partial charge in [0.2, 0.25) is 5.91 Å². The summed E-state index contributed by atoms with van der Waals surface area (Å²) in [6.45, 7) is 1.51. The van der Waals surface area contributed by atoms with E-state index in [9.17, 15) is 4.79 Å². The minimum Gasteiger partial charge on any atom is -0.486 e. The highest BCUT2D eigenvalue weighted by atomic mass is 16.5. The monoisotopic (exact) mass is 338 g/mol. The molecule has 25 heavy (non-hydrogen) atoms. The predicted octanol–water partition coefficient (Wildman–Crippen LogP) is 4.18. The number of amides is 1. The van der Waals surface area contributed by atoms with Crippen LogP contribution in [0.25, 0.3) is 10.9 Å². The van der Waals surface area contributed by atoms with E-state index in [2.05, 4.69) is 4.98 Å². The van der Waals surface area contributed by atoms with E-state index >= 15 is 0 Å². The van der Waals surface area contributed by atoms with Crippen molar-refractivity contribution < 1.29 is 9.53 Å². The molecule has 1 unspecified atom stereocenters. The Morgan fingerprint density at radius 1 is 1.16 bits per heavy atom. The minimum absolute atomic E-state index is 0.0723. The molecule has 2 aliphatic rings. The first kappa shape index (κ1) is 16.4. The summed E-state index contributed by atoms with van der Waals surface area (Å²) in [5, 5.41) is 1.09. The van der Waals surface area contributed by atoms with Crippen LogP contribution in [0.2, 0.25) is 0 Å². The fraction of sp³-hybridized carbons (Fsp3) is 0.524. The van der Waals surface area contributed by atoms with Crippen molar-refractivity contribution >= 4 is 16.8 Å². The number of nitrogens with zero attached hydrogens (tertiary/aromatic N) is 2. The normalized spacial score (nSPS) is 21.1. The Hall–Kier alpha value is -2.10. The highest BCUT2D eigenvalue weighted by Crippen LogP contribution is 2.29. The van der Waals surface area contributed by atoms with Gasteiger partial charge in [0.25, 0.3) is 0 Å². The molecule has 0 bridgehead atoms. The van der Waals surface area contributed by atoms with E-state index in [-0.39, 0.29) is 6.10 Å². The van der Waals surface area contributed by atoms with Crippen LogP contribution < -0.4 is 4.74 Å². The van der Waals surface area contributed by atoms with Crippen LogP contribution in [0.3, 0.4) is 0 Å². The smallest absolute Gasteiger partial charge is 0.222 e. The van der Waals surface area contributed by atoms with Crippen molar-refractivity contribution in [3.63, 3.8) is 0 Å². The Morgan fingerprint density at radius 2 is 2.00 bits per heavy atom. The summed E-state index contributed by atoms with van der Waals surface area (Å²) in [4.78, 5) is 18.9. The molecule has 1 amide bonds. The van der Waals surface area contributed by atoms with Gasteiger partial charge in [-0.15, -0.1) is 0 Å². The third kappa shape index (κ3) is 3.78. The number of benzene rings is 1. The number of ether oxygens (including phenoxy) is 1. The first-order valence-corrected chi connectivity index (χ1v) is 9.58. The number of pyridine rings is 1. The van der Waals surface area contributed by atoms with Gasteiger partial charge >= 0.3 is 0 Å². The van der Waals surface area contributed by atoms with Crippen LogP contribution in [0, 0.1) is 5.92 Å². The number of likely N-dealkylation sites (tertiary alicyclic amines) is 1. The number of aromatic nitrogens is 1. The summed E-state index contributed by atoms with van der Waals surface area (Å²) in [6, 6.07) is 10.00. The molecule has 4 heteroatoms. The van der Waals surface area contributed by atoms with Crippen LogP contribution in [0.4, 0.5) is 0 Å². The number of rotatable bonds is 5. The number of carbonyl (C=O) groups excluding carboxylic acids is 1. The summed E-state index contributed by atoms with van der Waals surface area (Å²) < 4.78 is 6.19. The number of para-hydroxylation sites is 1. The molecule has 1 aromatic carbocycles. The second-order valence-corrected chi connectivity index (χ2v) is 7.39. The second-order valence-electron chi connectivity index (χ2n) is 7.39. The second kappa shape index (κ2) is 7.42. The molecule has 2 aromatic rings. The molecule has 1 saturated carbocycles. The van der Waals surface area contributed by atoms with Crippen LogP contribution >= 0.6 is 0 Å². The molecule has 1 saturated heterocycles. The number of hydrogen-bond acceptors (Lipinski definition) is 3. The lowest BCUT2D eigenvalue weighted by Crippen LogP contribution is -2.31. The third-order valence-corrected chi connectivity index (χ3v) is 5.63. The topological polar surface area (TPSA) is 42.4 Å². The standard InChI is InChI=1S/C21H26N2O2/c24-20(11-10-16-5-1-2-6-16)23-14-12-18(15-23)25-19-9-3-7-17-8-4-13-22-21(17)19/h3-4,7-9,13,16,18H,1-2,5-6,10-12,14-15H2. The fourth-order valence-corrected chi connectivity index (χ4v) is 4.19. The van der Waals surface area contributed by atoms with Gasteiger partial charge in [0.1, 0.15) is 17.4 Å². The number of hydrogen-bond donors (Lipinski definition) is 0. The lowest BCUT2D eigenvalue weighted by molar-refractivity contribution is -0.130. The highest BCUT2D eigenvalue weighted by Gasteiger charge is 2.28. The van der Waals surface area contributed by atoms with Gasteiger partial charge in [-0.05, 0) is 24.5 Å². The molecule has 0 spiro atoms. The van der Waals surface area contributed by atoms with Crippen molar-refractivity contribution in [2.24, 2.45) is 5.92 Å². The molecule has 4 nitrogen and oxygen atoms in total. The van der Waals surface area contributed by atoms with Crippen molar-refractivity contribution in [1.29, 1.82) is 0 Å².